The van der Waals surface area contributed by atoms with Gasteiger partial charge in [0, 0.05) is 28.6 Å². The molecule has 1 N–H and O–H groups in total. The van der Waals surface area contributed by atoms with Crippen LogP contribution in [0.4, 0.5) is 5.69 Å². The first-order valence-electron chi connectivity index (χ1n) is 11.9. The predicted molar refractivity (Wildman–Crippen MR) is 140 cm³/mol. The molecule has 33 heavy (non-hydrogen) atoms. The molecule has 3 nitrogen and oxygen atoms in total. The summed E-state index contributed by atoms with van der Waals surface area (Å²) in [7, 11) is 0. The second-order valence-corrected chi connectivity index (χ2v) is 9.34. The second kappa shape index (κ2) is 11.2. The number of nitrogens with one attached hydrogen (secondary N) is 1. The number of hydrogen-bond acceptors (Lipinski definition) is 3. The molecule has 170 valence electrons. The standard InChI is InChI=1S/C29H32N2OS/c1-3-5-16-25(30-20-11-14-22-12-7-6-8-13-22)23-18-19-28-26(21-23)31(4-2)29(32)24-15-9-10-17-27(24)33-28/h6-10,12-13,15-19,21,30H,3-5,11,14,20H2,1-2H3/b25-16-. The van der Waals surface area contributed by atoms with Gasteiger partial charge >= 0.3 is 0 Å². The summed E-state index contributed by atoms with van der Waals surface area (Å²) in [6, 6.07) is 25.1. The minimum atomic E-state index is 0.0754. The molecule has 0 unspecified atom stereocenters. The van der Waals surface area contributed by atoms with Crippen molar-refractivity contribution < 1.29 is 4.79 Å². The molecule has 0 saturated carbocycles. The molecule has 1 aliphatic rings. The van der Waals surface area contributed by atoms with Crippen LogP contribution in [0.15, 0.2) is 88.7 Å². The number of allylic oxidation sites excluding steroid dienone is 1. The second-order valence-electron chi connectivity index (χ2n) is 8.25. The Morgan fingerprint density at radius 2 is 1.76 bits per heavy atom. The van der Waals surface area contributed by atoms with Crippen LogP contribution in [-0.4, -0.2) is 19.0 Å². The predicted octanol–water partition coefficient (Wildman–Crippen LogP) is 7.18. The number of hydrogen-bond donors (Lipinski definition) is 1. The van der Waals surface area contributed by atoms with Gasteiger partial charge in [-0.3, -0.25) is 4.79 Å². The average molecular weight is 457 g/mol. The first-order valence-corrected chi connectivity index (χ1v) is 12.7. The highest BCUT2D eigenvalue weighted by molar-refractivity contribution is 7.99. The maximum atomic E-state index is 13.3. The van der Waals surface area contributed by atoms with Gasteiger partial charge in [0.05, 0.1) is 11.3 Å². The van der Waals surface area contributed by atoms with Crippen molar-refractivity contribution >= 4 is 29.1 Å². The molecule has 3 aromatic rings. The molecule has 0 radical (unpaired) electrons. The van der Waals surface area contributed by atoms with Crippen LogP contribution in [-0.2, 0) is 6.42 Å². The minimum Gasteiger partial charge on any atom is -0.385 e. The van der Waals surface area contributed by atoms with E-state index in [0.29, 0.717) is 6.54 Å². The molecule has 0 aliphatic carbocycles. The highest BCUT2D eigenvalue weighted by Gasteiger charge is 2.26. The first kappa shape index (κ1) is 23.2. The van der Waals surface area contributed by atoms with Crippen molar-refractivity contribution in [1.29, 1.82) is 0 Å². The third-order valence-electron chi connectivity index (χ3n) is 5.90. The molecule has 0 atom stereocenters. The van der Waals surface area contributed by atoms with E-state index in [1.807, 2.05) is 36.1 Å². The van der Waals surface area contributed by atoms with Crippen molar-refractivity contribution in [1.82, 2.24) is 5.32 Å². The topological polar surface area (TPSA) is 32.3 Å². The van der Waals surface area contributed by atoms with Crippen LogP contribution >= 0.6 is 11.8 Å². The van der Waals surface area contributed by atoms with Gasteiger partial charge in [-0.25, -0.2) is 0 Å². The lowest BCUT2D eigenvalue weighted by molar-refractivity contribution is 0.0985. The van der Waals surface area contributed by atoms with Crippen molar-refractivity contribution in [2.75, 3.05) is 18.0 Å². The Balaban J connectivity index is 1.56. The van der Waals surface area contributed by atoms with Gasteiger partial charge in [0.15, 0.2) is 0 Å². The Kier molecular flexibility index (Phi) is 7.90. The number of carbonyl (C=O) groups excluding carboxylic acids is 1. The zero-order valence-electron chi connectivity index (χ0n) is 19.5. The lowest BCUT2D eigenvalue weighted by Crippen LogP contribution is -2.30. The fraction of sp³-hybridized carbons (Fsp3) is 0.276. The maximum Gasteiger partial charge on any atom is 0.259 e. The highest BCUT2D eigenvalue weighted by Crippen LogP contribution is 2.42. The zero-order valence-corrected chi connectivity index (χ0v) is 20.3. The fourth-order valence-corrected chi connectivity index (χ4v) is 5.20. The van der Waals surface area contributed by atoms with E-state index >= 15 is 0 Å². The van der Waals surface area contributed by atoms with Gasteiger partial charge in [0.2, 0.25) is 0 Å². The summed E-state index contributed by atoms with van der Waals surface area (Å²) in [4.78, 5) is 17.4. The number of carbonyl (C=O) groups is 1. The van der Waals surface area contributed by atoms with E-state index in [-0.39, 0.29) is 5.91 Å². The van der Waals surface area contributed by atoms with Crippen LogP contribution in [0.5, 0.6) is 0 Å². The zero-order chi connectivity index (χ0) is 23.0. The molecule has 3 aromatic carbocycles. The molecule has 0 fully saturated rings. The van der Waals surface area contributed by atoms with E-state index in [4.69, 9.17) is 0 Å². The van der Waals surface area contributed by atoms with Crippen molar-refractivity contribution in [3.8, 4) is 0 Å². The van der Waals surface area contributed by atoms with E-state index in [1.165, 1.54) is 5.56 Å². The monoisotopic (exact) mass is 456 g/mol. The van der Waals surface area contributed by atoms with Gasteiger partial charge < -0.3 is 10.2 Å². The van der Waals surface area contributed by atoms with Crippen LogP contribution in [0.2, 0.25) is 0 Å². The summed E-state index contributed by atoms with van der Waals surface area (Å²) in [6.07, 6.45) is 6.55. The quantitative estimate of drug-likeness (QED) is 0.346. The molecule has 1 heterocycles. The van der Waals surface area contributed by atoms with Crippen molar-refractivity contribution in [3.63, 3.8) is 0 Å². The highest BCUT2D eigenvalue weighted by atomic mass is 32.2. The van der Waals surface area contributed by atoms with E-state index in [9.17, 15) is 4.79 Å². The molecular formula is C29H32N2OS. The number of fused-ring (bicyclic) bond motifs is 2. The first-order chi connectivity index (χ1) is 16.2. The summed E-state index contributed by atoms with van der Waals surface area (Å²) < 4.78 is 0. The Labute approximate surface area is 201 Å². The summed E-state index contributed by atoms with van der Waals surface area (Å²) in [6.45, 7) is 5.80. The largest absolute Gasteiger partial charge is 0.385 e. The van der Waals surface area contributed by atoms with Crippen LogP contribution in [0.1, 0.15) is 54.6 Å². The minimum absolute atomic E-state index is 0.0754. The number of unbranched alkanes of at least 4 members (excludes halogenated alkanes) is 1. The van der Waals surface area contributed by atoms with Gasteiger partial charge in [0.1, 0.15) is 0 Å². The van der Waals surface area contributed by atoms with Gasteiger partial charge in [-0.2, -0.15) is 0 Å². The summed E-state index contributed by atoms with van der Waals surface area (Å²) >= 11 is 1.68. The lowest BCUT2D eigenvalue weighted by Gasteiger charge is -2.22. The van der Waals surface area contributed by atoms with Crippen LogP contribution in [0.25, 0.3) is 5.70 Å². The van der Waals surface area contributed by atoms with Gasteiger partial charge in [-0.1, -0.05) is 79.7 Å². The Morgan fingerprint density at radius 3 is 2.55 bits per heavy atom. The van der Waals surface area contributed by atoms with Crippen molar-refractivity contribution in [2.24, 2.45) is 0 Å². The summed E-state index contributed by atoms with van der Waals surface area (Å²) in [5.41, 5.74) is 5.44. The van der Waals surface area contributed by atoms with Gasteiger partial charge in [-0.05, 0) is 61.6 Å². The van der Waals surface area contributed by atoms with Crippen molar-refractivity contribution in [3.05, 3.63) is 95.6 Å². The molecule has 4 heteroatoms. The molecule has 0 bridgehead atoms. The van der Waals surface area contributed by atoms with Crippen LogP contribution < -0.4 is 10.2 Å². The van der Waals surface area contributed by atoms with E-state index in [1.54, 1.807) is 11.8 Å². The molecule has 0 spiro atoms. The van der Waals surface area contributed by atoms with E-state index in [2.05, 4.69) is 66.8 Å². The number of rotatable bonds is 9. The molecule has 0 aromatic heterocycles. The maximum absolute atomic E-state index is 13.3. The normalized spacial score (nSPS) is 13.3. The SMILES string of the molecule is CCC/C=C(\NCCCc1ccccc1)c1ccc2c(c1)N(CC)C(=O)c1ccccc1S2. The Bertz CT molecular complexity index is 1120. The number of amides is 1. The molecule has 1 amide bonds. The summed E-state index contributed by atoms with van der Waals surface area (Å²) in [5.74, 6) is 0.0754. The summed E-state index contributed by atoms with van der Waals surface area (Å²) in [5, 5.41) is 3.68. The van der Waals surface area contributed by atoms with E-state index in [0.717, 1.165) is 64.5 Å². The third kappa shape index (κ3) is 5.51. The smallest absolute Gasteiger partial charge is 0.259 e. The van der Waals surface area contributed by atoms with Crippen molar-refractivity contribution in [2.45, 2.75) is 49.3 Å². The molecule has 0 saturated heterocycles. The number of benzene rings is 3. The number of nitrogens with zero attached hydrogens (tertiary/aromatic N) is 1. The van der Waals surface area contributed by atoms with E-state index < -0.39 is 0 Å². The van der Waals surface area contributed by atoms with Crippen LogP contribution in [0, 0.1) is 0 Å². The molecule has 4 rings (SSSR count). The average Bonchev–Trinajstić information content (AvgIpc) is 2.97. The third-order valence-corrected chi connectivity index (χ3v) is 7.04. The molecular weight excluding hydrogens is 424 g/mol. The van der Waals surface area contributed by atoms with Gasteiger partial charge in [-0.15, -0.1) is 0 Å². The van der Waals surface area contributed by atoms with Gasteiger partial charge in [0.25, 0.3) is 5.91 Å². The lowest BCUT2D eigenvalue weighted by atomic mass is 10.1. The Hall–Kier alpha value is -2.98. The Morgan fingerprint density at radius 1 is 0.970 bits per heavy atom. The number of anilines is 1. The fourth-order valence-electron chi connectivity index (χ4n) is 4.14. The number of aryl methyl sites for hydroxylation is 1. The molecule has 1 aliphatic heterocycles. The van der Waals surface area contributed by atoms with Crippen LogP contribution in [0.3, 0.4) is 0 Å².